The van der Waals surface area contributed by atoms with E-state index >= 15 is 0 Å². The summed E-state index contributed by atoms with van der Waals surface area (Å²) in [4.78, 5) is 16.7. The van der Waals surface area contributed by atoms with Gasteiger partial charge in [0, 0.05) is 17.8 Å². The number of rotatable bonds is 5. The quantitative estimate of drug-likeness (QED) is 0.596. The van der Waals surface area contributed by atoms with E-state index < -0.39 is 0 Å². The van der Waals surface area contributed by atoms with E-state index in [0.717, 1.165) is 23.1 Å². The molecule has 3 aromatic carbocycles. The number of benzene rings is 3. The minimum absolute atomic E-state index is 0.0528. The summed E-state index contributed by atoms with van der Waals surface area (Å²) in [6.07, 6.45) is 2.63. The molecule has 0 saturated heterocycles. The Balaban J connectivity index is 1.43. The van der Waals surface area contributed by atoms with Gasteiger partial charge in [-0.1, -0.05) is 42.5 Å². The second-order valence-corrected chi connectivity index (χ2v) is 6.14. The number of aromatic nitrogens is 2. The third-order valence-electron chi connectivity index (χ3n) is 4.40. The summed E-state index contributed by atoms with van der Waals surface area (Å²) in [5.41, 5.74) is 4.86. The normalized spacial score (nSPS) is 10.8. The first-order valence-electron chi connectivity index (χ1n) is 8.66. The molecule has 128 valence electrons. The van der Waals surface area contributed by atoms with Crippen molar-refractivity contribution >= 4 is 16.9 Å². The van der Waals surface area contributed by atoms with Gasteiger partial charge < -0.3 is 5.32 Å². The number of para-hydroxylation sites is 2. The van der Waals surface area contributed by atoms with E-state index in [9.17, 15) is 4.79 Å². The highest BCUT2D eigenvalue weighted by Gasteiger charge is 2.07. The topological polar surface area (TPSA) is 46.9 Å². The van der Waals surface area contributed by atoms with Crippen LogP contribution in [0.15, 0.2) is 85.2 Å². The van der Waals surface area contributed by atoms with Crippen LogP contribution in [0.3, 0.4) is 0 Å². The number of nitrogens with one attached hydrogen (secondary N) is 1. The van der Waals surface area contributed by atoms with Crippen molar-refractivity contribution in [2.45, 2.75) is 6.42 Å². The Kier molecular flexibility index (Phi) is 4.48. The molecule has 0 saturated carbocycles. The lowest BCUT2D eigenvalue weighted by molar-refractivity contribution is 0.0954. The number of hydrogen-bond donors (Lipinski definition) is 1. The molecule has 4 aromatic rings. The Morgan fingerprint density at radius 3 is 2.42 bits per heavy atom. The molecular formula is C22H19N3O. The third kappa shape index (κ3) is 3.35. The Morgan fingerprint density at radius 2 is 1.62 bits per heavy atom. The van der Waals surface area contributed by atoms with Crippen molar-refractivity contribution in [1.29, 1.82) is 0 Å². The van der Waals surface area contributed by atoms with Crippen molar-refractivity contribution < 1.29 is 4.79 Å². The highest BCUT2D eigenvalue weighted by Crippen LogP contribution is 2.18. The van der Waals surface area contributed by atoms with E-state index in [1.807, 2.05) is 71.3 Å². The van der Waals surface area contributed by atoms with Crippen molar-refractivity contribution in [2.75, 3.05) is 6.54 Å². The maximum absolute atomic E-state index is 12.3. The van der Waals surface area contributed by atoms with Crippen LogP contribution in [0.5, 0.6) is 0 Å². The average molecular weight is 341 g/mol. The van der Waals surface area contributed by atoms with Crippen molar-refractivity contribution in [2.24, 2.45) is 0 Å². The SMILES string of the molecule is O=C(NCCc1ccccc1)c1ccc(-n2cnc3ccccc32)cc1. The first-order valence-corrected chi connectivity index (χ1v) is 8.66. The van der Waals surface area contributed by atoms with E-state index in [1.54, 1.807) is 6.33 Å². The molecule has 0 spiro atoms. The lowest BCUT2D eigenvalue weighted by Crippen LogP contribution is -2.25. The van der Waals surface area contributed by atoms with Gasteiger partial charge in [-0.2, -0.15) is 0 Å². The third-order valence-corrected chi connectivity index (χ3v) is 4.40. The standard InChI is InChI=1S/C22H19N3O/c26-22(23-15-14-17-6-2-1-3-7-17)18-10-12-19(13-11-18)25-16-24-20-8-4-5-9-21(20)25/h1-13,16H,14-15H2,(H,23,26). The average Bonchev–Trinajstić information content (AvgIpc) is 3.13. The first-order chi connectivity index (χ1) is 12.8. The van der Waals surface area contributed by atoms with Gasteiger partial charge in [-0.15, -0.1) is 0 Å². The summed E-state index contributed by atoms with van der Waals surface area (Å²) in [7, 11) is 0. The zero-order chi connectivity index (χ0) is 17.8. The van der Waals surface area contributed by atoms with Crippen molar-refractivity contribution in [3.8, 4) is 5.69 Å². The number of imidazole rings is 1. The summed E-state index contributed by atoms with van der Waals surface area (Å²) < 4.78 is 2.02. The van der Waals surface area contributed by atoms with E-state index in [1.165, 1.54) is 5.56 Å². The molecule has 4 rings (SSSR count). The van der Waals surface area contributed by atoms with Gasteiger partial charge >= 0.3 is 0 Å². The molecule has 0 aliphatic rings. The van der Waals surface area contributed by atoms with Crippen LogP contribution in [0.4, 0.5) is 0 Å². The number of nitrogens with zero attached hydrogens (tertiary/aromatic N) is 2. The van der Waals surface area contributed by atoms with E-state index in [2.05, 4.69) is 22.4 Å². The van der Waals surface area contributed by atoms with Gasteiger partial charge in [0.25, 0.3) is 5.91 Å². The van der Waals surface area contributed by atoms with E-state index in [0.29, 0.717) is 12.1 Å². The highest BCUT2D eigenvalue weighted by molar-refractivity contribution is 5.94. The van der Waals surface area contributed by atoms with Crippen LogP contribution < -0.4 is 5.32 Å². The van der Waals surface area contributed by atoms with Crippen LogP contribution in [0.2, 0.25) is 0 Å². The van der Waals surface area contributed by atoms with Gasteiger partial charge in [-0.3, -0.25) is 9.36 Å². The zero-order valence-electron chi connectivity index (χ0n) is 14.3. The summed E-state index contributed by atoms with van der Waals surface area (Å²) in [6.45, 7) is 0.622. The molecule has 26 heavy (non-hydrogen) atoms. The molecule has 1 amide bonds. The maximum Gasteiger partial charge on any atom is 0.251 e. The fourth-order valence-corrected chi connectivity index (χ4v) is 3.01. The monoisotopic (exact) mass is 341 g/mol. The van der Waals surface area contributed by atoms with Crippen molar-refractivity contribution in [1.82, 2.24) is 14.9 Å². The molecule has 0 unspecified atom stereocenters. The fourth-order valence-electron chi connectivity index (χ4n) is 3.01. The predicted octanol–water partition coefficient (Wildman–Crippen LogP) is 4.00. The summed E-state index contributed by atoms with van der Waals surface area (Å²) in [5.74, 6) is -0.0528. The summed E-state index contributed by atoms with van der Waals surface area (Å²) in [6, 6.07) is 25.7. The lowest BCUT2D eigenvalue weighted by atomic mass is 10.1. The molecule has 0 fully saturated rings. The predicted molar refractivity (Wildman–Crippen MR) is 104 cm³/mol. The molecule has 1 aromatic heterocycles. The Hall–Kier alpha value is -3.40. The van der Waals surface area contributed by atoms with Crippen LogP contribution in [0.25, 0.3) is 16.7 Å². The van der Waals surface area contributed by atoms with Gasteiger partial charge in [-0.25, -0.2) is 4.98 Å². The zero-order valence-corrected chi connectivity index (χ0v) is 14.3. The molecule has 0 radical (unpaired) electrons. The number of fused-ring (bicyclic) bond motifs is 1. The van der Waals surface area contributed by atoms with E-state index in [-0.39, 0.29) is 5.91 Å². The van der Waals surface area contributed by atoms with Gasteiger partial charge in [0.05, 0.1) is 11.0 Å². The fraction of sp³-hybridized carbons (Fsp3) is 0.0909. The second kappa shape index (κ2) is 7.23. The lowest BCUT2D eigenvalue weighted by Gasteiger charge is -2.08. The molecule has 0 bridgehead atoms. The molecular weight excluding hydrogens is 322 g/mol. The minimum Gasteiger partial charge on any atom is -0.352 e. The van der Waals surface area contributed by atoms with Crippen molar-refractivity contribution in [3.05, 3.63) is 96.3 Å². The van der Waals surface area contributed by atoms with Crippen LogP contribution in [-0.4, -0.2) is 22.0 Å². The number of amides is 1. The van der Waals surface area contributed by atoms with Crippen LogP contribution in [-0.2, 0) is 6.42 Å². The first kappa shape index (κ1) is 16.1. The van der Waals surface area contributed by atoms with Gasteiger partial charge in [0.15, 0.2) is 0 Å². The smallest absolute Gasteiger partial charge is 0.251 e. The Bertz CT molecular complexity index is 1020. The largest absolute Gasteiger partial charge is 0.352 e. The van der Waals surface area contributed by atoms with Gasteiger partial charge in [-0.05, 0) is 48.4 Å². The molecule has 0 aliphatic carbocycles. The second-order valence-electron chi connectivity index (χ2n) is 6.14. The molecule has 1 heterocycles. The highest BCUT2D eigenvalue weighted by atomic mass is 16.1. The molecule has 0 aliphatic heterocycles. The van der Waals surface area contributed by atoms with Crippen LogP contribution >= 0.6 is 0 Å². The van der Waals surface area contributed by atoms with Crippen LogP contribution in [0.1, 0.15) is 15.9 Å². The summed E-state index contributed by atoms with van der Waals surface area (Å²) in [5, 5.41) is 2.97. The van der Waals surface area contributed by atoms with E-state index in [4.69, 9.17) is 0 Å². The van der Waals surface area contributed by atoms with Crippen molar-refractivity contribution in [3.63, 3.8) is 0 Å². The van der Waals surface area contributed by atoms with Gasteiger partial charge in [0.1, 0.15) is 6.33 Å². The molecule has 1 N–H and O–H groups in total. The molecule has 4 heteroatoms. The Labute approximate surface area is 152 Å². The Morgan fingerprint density at radius 1 is 0.885 bits per heavy atom. The number of carbonyl (C=O) groups excluding carboxylic acids is 1. The maximum atomic E-state index is 12.3. The van der Waals surface area contributed by atoms with Crippen LogP contribution in [0, 0.1) is 0 Å². The molecule has 0 atom stereocenters. The minimum atomic E-state index is -0.0528. The summed E-state index contributed by atoms with van der Waals surface area (Å²) >= 11 is 0. The number of hydrogen-bond acceptors (Lipinski definition) is 2. The molecule has 4 nitrogen and oxygen atoms in total. The van der Waals surface area contributed by atoms with Gasteiger partial charge in [0.2, 0.25) is 0 Å². The number of carbonyl (C=O) groups is 1.